The van der Waals surface area contributed by atoms with Crippen LogP contribution in [-0.4, -0.2) is 24.6 Å². The van der Waals surface area contributed by atoms with E-state index in [1.807, 2.05) is 23.5 Å². The summed E-state index contributed by atoms with van der Waals surface area (Å²) in [6, 6.07) is 3.89. The number of thiophene rings is 1. The van der Waals surface area contributed by atoms with Crippen LogP contribution in [0.3, 0.4) is 0 Å². The van der Waals surface area contributed by atoms with E-state index in [2.05, 4.69) is 15.1 Å². The summed E-state index contributed by atoms with van der Waals surface area (Å²) in [4.78, 5) is 16.1. The fraction of sp³-hybridized carbons (Fsp3) is 0.250. The first kappa shape index (κ1) is 12.2. The lowest BCUT2D eigenvalue weighted by Gasteiger charge is -2.09. The van der Waals surface area contributed by atoms with Crippen LogP contribution in [0.15, 0.2) is 30.9 Å². The minimum absolute atomic E-state index is 0.707. The molecule has 4 aromatic heterocycles. The van der Waals surface area contributed by atoms with Gasteiger partial charge in [-0.1, -0.05) is 0 Å². The zero-order valence-electron chi connectivity index (χ0n) is 11.9. The van der Waals surface area contributed by atoms with Crippen molar-refractivity contribution in [2.75, 3.05) is 0 Å². The molecule has 4 heterocycles. The minimum Gasteiger partial charge on any atom is -0.264 e. The average molecular weight is 307 g/mol. The first-order chi connectivity index (χ1) is 10.9. The lowest BCUT2D eigenvalue weighted by atomic mass is 9.97. The van der Waals surface area contributed by atoms with E-state index in [0.29, 0.717) is 5.82 Å². The topological polar surface area (TPSA) is 56.0 Å². The summed E-state index contributed by atoms with van der Waals surface area (Å²) in [6.45, 7) is 0. The number of hydrogen-bond donors (Lipinski definition) is 0. The van der Waals surface area contributed by atoms with E-state index in [4.69, 9.17) is 4.98 Å². The Bertz CT molecular complexity index is 986. The van der Waals surface area contributed by atoms with Crippen molar-refractivity contribution in [3.8, 4) is 11.4 Å². The van der Waals surface area contributed by atoms with Crippen molar-refractivity contribution < 1.29 is 0 Å². The minimum atomic E-state index is 0.707. The molecule has 4 aromatic rings. The zero-order chi connectivity index (χ0) is 14.5. The molecule has 0 aromatic carbocycles. The molecule has 5 rings (SSSR count). The maximum atomic E-state index is 4.77. The third-order valence-corrected chi connectivity index (χ3v) is 5.41. The van der Waals surface area contributed by atoms with Crippen molar-refractivity contribution in [1.29, 1.82) is 0 Å². The van der Waals surface area contributed by atoms with Crippen LogP contribution in [0.2, 0.25) is 0 Å². The van der Waals surface area contributed by atoms with Crippen molar-refractivity contribution >= 4 is 27.2 Å². The molecule has 0 atom stereocenters. The molecule has 1 aliphatic rings. The molecule has 0 fully saturated rings. The highest BCUT2D eigenvalue weighted by Crippen LogP contribution is 2.37. The molecular formula is C16H13N5S. The summed E-state index contributed by atoms with van der Waals surface area (Å²) in [6.07, 6.45) is 10.2. The van der Waals surface area contributed by atoms with Gasteiger partial charge in [-0.25, -0.2) is 14.5 Å². The molecule has 22 heavy (non-hydrogen) atoms. The van der Waals surface area contributed by atoms with Crippen LogP contribution in [0.5, 0.6) is 0 Å². The second-order valence-corrected chi connectivity index (χ2v) is 6.66. The fourth-order valence-corrected chi connectivity index (χ4v) is 4.40. The largest absolute Gasteiger partial charge is 0.264 e. The Kier molecular flexibility index (Phi) is 2.54. The van der Waals surface area contributed by atoms with Gasteiger partial charge in [-0.3, -0.25) is 4.98 Å². The van der Waals surface area contributed by atoms with E-state index in [1.165, 1.54) is 35.1 Å². The highest BCUT2D eigenvalue weighted by atomic mass is 32.1. The second kappa shape index (κ2) is 4.58. The standard InChI is InChI=1S/C16H13N5S/c1-2-6-12-11(5-1)13-15-19-14(10-4-3-7-17-8-10)20-21(15)9-18-16(13)22-12/h3-4,7-9H,1-2,5-6H2. The van der Waals surface area contributed by atoms with Crippen LogP contribution >= 0.6 is 11.3 Å². The molecule has 5 nitrogen and oxygen atoms in total. The molecule has 0 amide bonds. The van der Waals surface area contributed by atoms with Crippen molar-refractivity contribution in [2.24, 2.45) is 0 Å². The maximum Gasteiger partial charge on any atom is 0.183 e. The molecule has 0 saturated heterocycles. The lowest BCUT2D eigenvalue weighted by Crippen LogP contribution is -1.99. The van der Waals surface area contributed by atoms with Gasteiger partial charge in [0.2, 0.25) is 0 Å². The smallest absolute Gasteiger partial charge is 0.183 e. The Hall–Kier alpha value is -2.34. The zero-order valence-corrected chi connectivity index (χ0v) is 12.7. The van der Waals surface area contributed by atoms with Crippen LogP contribution in [0, 0.1) is 0 Å². The predicted octanol–water partition coefficient (Wildman–Crippen LogP) is 3.28. The maximum absolute atomic E-state index is 4.77. The van der Waals surface area contributed by atoms with Gasteiger partial charge in [-0.15, -0.1) is 16.4 Å². The first-order valence-corrected chi connectivity index (χ1v) is 8.28. The number of aryl methyl sites for hydroxylation is 2. The second-order valence-electron chi connectivity index (χ2n) is 5.58. The van der Waals surface area contributed by atoms with Gasteiger partial charge in [-0.05, 0) is 43.4 Å². The van der Waals surface area contributed by atoms with Crippen molar-refractivity contribution in [2.45, 2.75) is 25.7 Å². The van der Waals surface area contributed by atoms with Gasteiger partial charge in [0.25, 0.3) is 0 Å². The average Bonchev–Trinajstić information content (AvgIpc) is 3.16. The quantitative estimate of drug-likeness (QED) is 0.541. The molecular weight excluding hydrogens is 294 g/mol. The summed E-state index contributed by atoms with van der Waals surface area (Å²) in [5.74, 6) is 0.707. The number of rotatable bonds is 1. The highest BCUT2D eigenvalue weighted by Gasteiger charge is 2.20. The molecule has 0 bridgehead atoms. The summed E-state index contributed by atoms with van der Waals surface area (Å²) < 4.78 is 1.80. The van der Waals surface area contributed by atoms with Crippen LogP contribution in [0.4, 0.5) is 0 Å². The van der Waals surface area contributed by atoms with Gasteiger partial charge in [0.15, 0.2) is 11.5 Å². The Balaban J connectivity index is 1.81. The summed E-state index contributed by atoms with van der Waals surface area (Å²) in [7, 11) is 0. The van der Waals surface area contributed by atoms with E-state index in [1.54, 1.807) is 23.2 Å². The van der Waals surface area contributed by atoms with Crippen molar-refractivity contribution in [3.05, 3.63) is 41.3 Å². The Morgan fingerprint density at radius 3 is 3.05 bits per heavy atom. The summed E-state index contributed by atoms with van der Waals surface area (Å²) in [5.41, 5.74) is 3.29. The van der Waals surface area contributed by atoms with Crippen molar-refractivity contribution in [3.63, 3.8) is 0 Å². The van der Waals surface area contributed by atoms with Gasteiger partial charge in [0, 0.05) is 22.8 Å². The molecule has 1 aliphatic carbocycles. The molecule has 0 unspecified atom stereocenters. The third-order valence-electron chi connectivity index (χ3n) is 4.21. The summed E-state index contributed by atoms with van der Waals surface area (Å²) in [5, 5.41) is 5.77. The van der Waals surface area contributed by atoms with E-state index in [0.717, 1.165) is 22.5 Å². The van der Waals surface area contributed by atoms with E-state index < -0.39 is 0 Å². The Morgan fingerprint density at radius 2 is 2.14 bits per heavy atom. The number of fused-ring (bicyclic) bond motifs is 5. The molecule has 0 radical (unpaired) electrons. The normalized spacial score (nSPS) is 14.5. The summed E-state index contributed by atoms with van der Waals surface area (Å²) >= 11 is 1.82. The van der Waals surface area contributed by atoms with E-state index in [-0.39, 0.29) is 0 Å². The van der Waals surface area contributed by atoms with Gasteiger partial charge < -0.3 is 0 Å². The Labute approximate surface area is 130 Å². The van der Waals surface area contributed by atoms with Gasteiger partial charge in [0.05, 0.1) is 5.39 Å². The van der Waals surface area contributed by atoms with Crippen molar-refractivity contribution in [1.82, 2.24) is 24.6 Å². The number of pyridine rings is 1. The van der Waals surface area contributed by atoms with Gasteiger partial charge >= 0.3 is 0 Å². The number of hydrogen-bond acceptors (Lipinski definition) is 5. The lowest BCUT2D eigenvalue weighted by molar-refractivity contribution is 0.700. The molecule has 0 spiro atoms. The number of nitrogens with zero attached hydrogens (tertiary/aromatic N) is 5. The van der Waals surface area contributed by atoms with Gasteiger partial charge in [0.1, 0.15) is 11.2 Å². The molecule has 0 saturated carbocycles. The highest BCUT2D eigenvalue weighted by molar-refractivity contribution is 7.19. The van der Waals surface area contributed by atoms with Gasteiger partial charge in [-0.2, -0.15) is 0 Å². The van der Waals surface area contributed by atoms with E-state index in [9.17, 15) is 0 Å². The fourth-order valence-electron chi connectivity index (χ4n) is 3.17. The number of aromatic nitrogens is 5. The third kappa shape index (κ3) is 1.70. The SMILES string of the molecule is c1cncc(-c2nc3c4c5c(sc4ncn3n2)CCCC5)c1. The van der Waals surface area contributed by atoms with E-state index >= 15 is 0 Å². The Morgan fingerprint density at radius 1 is 1.18 bits per heavy atom. The van der Waals surface area contributed by atoms with Crippen LogP contribution in [0.25, 0.3) is 27.3 Å². The predicted molar refractivity (Wildman–Crippen MR) is 86.0 cm³/mol. The monoisotopic (exact) mass is 307 g/mol. The first-order valence-electron chi connectivity index (χ1n) is 7.46. The molecule has 108 valence electrons. The van der Waals surface area contributed by atoms with Crippen LogP contribution in [-0.2, 0) is 12.8 Å². The molecule has 0 aliphatic heterocycles. The van der Waals surface area contributed by atoms with Crippen LogP contribution < -0.4 is 0 Å². The molecule has 0 N–H and O–H groups in total. The van der Waals surface area contributed by atoms with Crippen LogP contribution in [0.1, 0.15) is 23.3 Å². The molecule has 6 heteroatoms.